The predicted molar refractivity (Wildman–Crippen MR) is 71.6 cm³/mol. The summed E-state index contributed by atoms with van der Waals surface area (Å²) in [6, 6.07) is 5.93. The van der Waals surface area contributed by atoms with Gasteiger partial charge < -0.3 is 5.32 Å². The fourth-order valence-corrected chi connectivity index (χ4v) is 1.71. The number of hydrogen-bond donors (Lipinski definition) is 1. The summed E-state index contributed by atoms with van der Waals surface area (Å²) >= 11 is 3.42. The summed E-state index contributed by atoms with van der Waals surface area (Å²) in [6.45, 7) is 6.25. The zero-order valence-corrected chi connectivity index (χ0v) is 11.6. The van der Waals surface area contributed by atoms with Crippen LogP contribution in [0.2, 0.25) is 0 Å². The third-order valence-electron chi connectivity index (χ3n) is 2.34. The van der Waals surface area contributed by atoms with Gasteiger partial charge in [-0.15, -0.1) is 0 Å². The number of anilines is 1. The van der Waals surface area contributed by atoms with Crippen LogP contribution in [0.4, 0.5) is 5.69 Å². The van der Waals surface area contributed by atoms with Gasteiger partial charge >= 0.3 is 0 Å². The van der Waals surface area contributed by atoms with Gasteiger partial charge in [-0.3, -0.25) is 4.79 Å². The largest absolute Gasteiger partial charge is 0.325 e. The zero-order chi connectivity index (χ0) is 12.1. The summed E-state index contributed by atoms with van der Waals surface area (Å²) in [5, 5.41) is 2.92. The first-order valence-corrected chi connectivity index (χ1v) is 6.34. The van der Waals surface area contributed by atoms with Crippen molar-refractivity contribution in [1.29, 1.82) is 0 Å². The number of halogens is 1. The lowest BCUT2D eigenvalue weighted by Gasteiger charge is -2.09. The van der Waals surface area contributed by atoms with Crippen molar-refractivity contribution in [3.8, 4) is 0 Å². The Kier molecular flexibility index (Phi) is 5.00. The van der Waals surface area contributed by atoms with E-state index in [-0.39, 0.29) is 5.91 Å². The highest BCUT2D eigenvalue weighted by molar-refractivity contribution is 9.10. The quantitative estimate of drug-likeness (QED) is 0.884. The Morgan fingerprint density at radius 2 is 2.12 bits per heavy atom. The van der Waals surface area contributed by atoms with Crippen molar-refractivity contribution in [2.24, 2.45) is 5.92 Å². The van der Waals surface area contributed by atoms with Gasteiger partial charge in [-0.05, 0) is 52.9 Å². The average Bonchev–Trinajstić information content (AvgIpc) is 2.20. The first-order valence-electron chi connectivity index (χ1n) is 5.55. The monoisotopic (exact) mass is 283 g/mol. The van der Waals surface area contributed by atoms with Crippen molar-refractivity contribution in [3.05, 3.63) is 28.2 Å². The standard InChI is InChI=1S/C13H18BrNO/c1-9(2)4-7-13(16)15-12-8-10(3)5-6-11(12)14/h5-6,8-9H,4,7H2,1-3H3,(H,15,16). The van der Waals surface area contributed by atoms with Crippen molar-refractivity contribution in [1.82, 2.24) is 0 Å². The van der Waals surface area contributed by atoms with Crippen molar-refractivity contribution < 1.29 is 4.79 Å². The fraction of sp³-hybridized carbons (Fsp3) is 0.462. The second-order valence-electron chi connectivity index (χ2n) is 4.46. The third-order valence-corrected chi connectivity index (χ3v) is 3.04. The average molecular weight is 284 g/mol. The molecule has 0 unspecified atom stereocenters. The van der Waals surface area contributed by atoms with Gasteiger partial charge in [0.1, 0.15) is 0 Å². The molecule has 16 heavy (non-hydrogen) atoms. The number of nitrogens with one attached hydrogen (secondary N) is 1. The van der Waals surface area contributed by atoms with E-state index in [1.807, 2.05) is 25.1 Å². The number of aryl methyl sites for hydroxylation is 1. The highest BCUT2D eigenvalue weighted by Gasteiger charge is 2.06. The number of carbonyl (C=O) groups is 1. The molecule has 0 fully saturated rings. The van der Waals surface area contributed by atoms with E-state index in [1.165, 1.54) is 0 Å². The Balaban J connectivity index is 2.59. The van der Waals surface area contributed by atoms with Crippen LogP contribution in [0.25, 0.3) is 0 Å². The van der Waals surface area contributed by atoms with Gasteiger partial charge in [-0.25, -0.2) is 0 Å². The lowest BCUT2D eigenvalue weighted by Crippen LogP contribution is -2.12. The Labute approximate surface area is 106 Å². The van der Waals surface area contributed by atoms with Gasteiger partial charge in [0.2, 0.25) is 5.91 Å². The molecule has 0 saturated heterocycles. The van der Waals surface area contributed by atoms with Crippen molar-refractivity contribution in [3.63, 3.8) is 0 Å². The number of rotatable bonds is 4. The molecule has 3 heteroatoms. The molecule has 1 amide bonds. The summed E-state index contributed by atoms with van der Waals surface area (Å²) in [5.74, 6) is 0.645. The Morgan fingerprint density at radius 3 is 2.75 bits per heavy atom. The van der Waals surface area contributed by atoms with E-state index < -0.39 is 0 Å². The normalized spacial score (nSPS) is 10.6. The van der Waals surface area contributed by atoms with Crippen LogP contribution in [0.1, 0.15) is 32.3 Å². The van der Waals surface area contributed by atoms with E-state index >= 15 is 0 Å². The summed E-state index contributed by atoms with van der Waals surface area (Å²) < 4.78 is 0.927. The Hall–Kier alpha value is -0.830. The minimum atomic E-state index is 0.0833. The molecule has 0 spiro atoms. The molecule has 1 rings (SSSR count). The van der Waals surface area contributed by atoms with Crippen molar-refractivity contribution in [2.45, 2.75) is 33.6 Å². The summed E-state index contributed by atoms with van der Waals surface area (Å²) in [7, 11) is 0. The third kappa shape index (κ3) is 4.35. The maximum absolute atomic E-state index is 11.6. The van der Waals surface area contributed by atoms with E-state index in [0.717, 1.165) is 22.1 Å². The van der Waals surface area contributed by atoms with Gasteiger partial charge in [-0.1, -0.05) is 19.9 Å². The molecule has 0 aromatic heterocycles. The lowest BCUT2D eigenvalue weighted by molar-refractivity contribution is -0.116. The first kappa shape index (κ1) is 13.2. The molecule has 1 N–H and O–H groups in total. The van der Waals surface area contributed by atoms with Gasteiger partial charge in [0, 0.05) is 10.9 Å². The number of amides is 1. The number of hydrogen-bond acceptors (Lipinski definition) is 1. The summed E-state index contributed by atoms with van der Waals surface area (Å²) in [4.78, 5) is 11.6. The molecule has 0 aliphatic rings. The van der Waals surface area contributed by atoms with E-state index in [4.69, 9.17) is 0 Å². The smallest absolute Gasteiger partial charge is 0.224 e. The first-order chi connectivity index (χ1) is 7.49. The van der Waals surface area contributed by atoms with Crippen LogP contribution in [-0.4, -0.2) is 5.91 Å². The van der Waals surface area contributed by atoms with Crippen LogP contribution < -0.4 is 5.32 Å². The maximum atomic E-state index is 11.6. The van der Waals surface area contributed by atoms with Crippen molar-refractivity contribution in [2.75, 3.05) is 5.32 Å². The van der Waals surface area contributed by atoms with E-state index in [9.17, 15) is 4.79 Å². The molecule has 0 aliphatic heterocycles. The second-order valence-corrected chi connectivity index (χ2v) is 5.32. The molecule has 0 radical (unpaired) electrons. The topological polar surface area (TPSA) is 29.1 Å². The molecule has 2 nitrogen and oxygen atoms in total. The van der Waals surface area contributed by atoms with Gasteiger partial charge in [0.15, 0.2) is 0 Å². The fourth-order valence-electron chi connectivity index (χ4n) is 1.37. The van der Waals surface area contributed by atoms with E-state index in [2.05, 4.69) is 35.1 Å². The summed E-state index contributed by atoms with van der Waals surface area (Å²) in [6.07, 6.45) is 1.51. The van der Waals surface area contributed by atoms with E-state index in [0.29, 0.717) is 12.3 Å². The van der Waals surface area contributed by atoms with Crippen molar-refractivity contribution >= 4 is 27.5 Å². The number of carbonyl (C=O) groups excluding carboxylic acids is 1. The molecule has 0 atom stereocenters. The van der Waals surface area contributed by atoms with Crippen LogP contribution in [0.3, 0.4) is 0 Å². The molecule has 1 aromatic rings. The van der Waals surface area contributed by atoms with Crippen LogP contribution >= 0.6 is 15.9 Å². The highest BCUT2D eigenvalue weighted by atomic mass is 79.9. The maximum Gasteiger partial charge on any atom is 0.224 e. The predicted octanol–water partition coefficient (Wildman–Crippen LogP) is 4.13. The minimum Gasteiger partial charge on any atom is -0.325 e. The Bertz CT molecular complexity index is 374. The zero-order valence-electron chi connectivity index (χ0n) is 10.0. The molecule has 1 aromatic carbocycles. The molecular weight excluding hydrogens is 266 g/mol. The van der Waals surface area contributed by atoms with Gasteiger partial charge in [0.05, 0.1) is 5.69 Å². The lowest BCUT2D eigenvalue weighted by atomic mass is 10.1. The van der Waals surface area contributed by atoms with Crippen LogP contribution in [-0.2, 0) is 4.79 Å². The molecular formula is C13H18BrNO. The second kappa shape index (κ2) is 6.04. The van der Waals surface area contributed by atoms with Crippen LogP contribution in [0.15, 0.2) is 22.7 Å². The molecule has 88 valence electrons. The van der Waals surface area contributed by atoms with E-state index in [1.54, 1.807) is 0 Å². The highest BCUT2D eigenvalue weighted by Crippen LogP contribution is 2.23. The number of benzene rings is 1. The van der Waals surface area contributed by atoms with Gasteiger partial charge in [-0.2, -0.15) is 0 Å². The Morgan fingerprint density at radius 1 is 1.44 bits per heavy atom. The van der Waals surface area contributed by atoms with Crippen LogP contribution in [0.5, 0.6) is 0 Å². The minimum absolute atomic E-state index is 0.0833. The SMILES string of the molecule is Cc1ccc(Br)c(NC(=O)CCC(C)C)c1. The molecule has 0 aliphatic carbocycles. The molecule has 0 heterocycles. The molecule has 0 saturated carbocycles. The van der Waals surface area contributed by atoms with Crippen LogP contribution in [0, 0.1) is 12.8 Å². The van der Waals surface area contributed by atoms with Gasteiger partial charge in [0.25, 0.3) is 0 Å². The summed E-state index contributed by atoms with van der Waals surface area (Å²) in [5.41, 5.74) is 2.00. The molecule has 0 bridgehead atoms.